The number of anilines is 3. The number of hydrogen-bond donors (Lipinski definition) is 0. The smallest absolute Gasteiger partial charge is 0.0726 e. The highest BCUT2D eigenvalue weighted by Crippen LogP contribution is 2.64. The largest absolute Gasteiger partial charge is 0.310 e. The molecule has 0 N–H and O–H groups in total. The van der Waals surface area contributed by atoms with Crippen LogP contribution >= 0.6 is 11.3 Å². The van der Waals surface area contributed by atoms with Crippen LogP contribution in [0.25, 0.3) is 64.7 Å². The van der Waals surface area contributed by atoms with E-state index in [9.17, 15) is 0 Å². The zero-order valence-electron chi connectivity index (χ0n) is 38.2. The average Bonchev–Trinajstić information content (AvgIpc) is 4.15. The fourth-order valence-corrected chi connectivity index (χ4v) is 14.3. The molecule has 2 heteroatoms. The molecule has 11 aromatic carbocycles. The van der Waals surface area contributed by atoms with Crippen molar-refractivity contribution in [2.75, 3.05) is 4.90 Å². The lowest BCUT2D eigenvalue weighted by molar-refractivity contribution is 0.768. The molecular weight excluding hydrogens is 863 g/mol. The van der Waals surface area contributed by atoms with E-state index in [1.165, 1.54) is 109 Å². The van der Waals surface area contributed by atoms with Crippen LogP contribution in [0.15, 0.2) is 261 Å². The summed E-state index contributed by atoms with van der Waals surface area (Å²) in [6.07, 6.45) is 0. The highest BCUT2D eigenvalue weighted by Gasteiger charge is 2.52. The first kappa shape index (κ1) is 39.4. The topological polar surface area (TPSA) is 3.24 Å². The number of hydrogen-bond acceptors (Lipinski definition) is 2. The molecule has 0 saturated carbocycles. The number of nitrogens with zero attached hydrogens (tertiary/aromatic N) is 1. The molecule has 0 atom stereocenters. The minimum absolute atomic E-state index is 0.464. The maximum Gasteiger partial charge on any atom is 0.0726 e. The van der Waals surface area contributed by atoms with Gasteiger partial charge in [-0.3, -0.25) is 0 Å². The first-order chi connectivity index (χ1) is 34.7. The first-order valence-corrected chi connectivity index (χ1v) is 25.1. The summed E-state index contributed by atoms with van der Waals surface area (Å²) in [5, 5.41) is 2.62. The van der Waals surface area contributed by atoms with Gasteiger partial charge >= 0.3 is 0 Å². The van der Waals surface area contributed by atoms with Crippen LogP contribution < -0.4 is 4.90 Å². The third kappa shape index (κ3) is 5.26. The van der Waals surface area contributed by atoms with Crippen molar-refractivity contribution in [3.8, 4) is 44.5 Å². The molecule has 3 aliphatic rings. The Morgan fingerprint density at radius 2 is 0.714 bits per heavy atom. The van der Waals surface area contributed by atoms with Crippen molar-refractivity contribution in [1.29, 1.82) is 0 Å². The van der Waals surface area contributed by atoms with E-state index in [0.29, 0.717) is 0 Å². The summed E-state index contributed by atoms with van der Waals surface area (Å²) in [7, 11) is 0. The van der Waals surface area contributed by atoms with Crippen LogP contribution in [0.1, 0.15) is 44.5 Å². The Bertz CT molecular complexity index is 3970. The fraction of sp³-hybridized carbons (Fsp3) is 0.0294. The normalized spacial score (nSPS) is 13.9. The van der Waals surface area contributed by atoms with Gasteiger partial charge in [0.05, 0.1) is 10.8 Å². The number of thiophene rings is 1. The molecule has 15 rings (SSSR count). The summed E-state index contributed by atoms with van der Waals surface area (Å²) in [6, 6.07) is 97.9. The predicted octanol–water partition coefficient (Wildman–Crippen LogP) is 17.9. The third-order valence-electron chi connectivity index (χ3n) is 15.8. The highest BCUT2D eigenvalue weighted by atomic mass is 32.1. The standard InChI is InChI=1S/C68H43NS/c1-2-19-45(20-3-1)67(59-30-10-4-22-51(59)52-23-5-11-31-60(52)67)46-36-38-47(39-37-46)69(48-21-16-18-44(42-48)50-28-17-29-58-57-27-9-15-35-65(57)70-66(50)58)49-40-41-56-55-26-8-14-34-63(55)68(64(56)43-49)61-32-12-6-24-53(61)54-25-7-13-33-62(54)68/h1-43H. The van der Waals surface area contributed by atoms with Crippen LogP contribution in [0, 0.1) is 0 Å². The first-order valence-electron chi connectivity index (χ1n) is 24.3. The second-order valence-corrected chi connectivity index (χ2v) is 20.1. The monoisotopic (exact) mass is 905 g/mol. The summed E-state index contributed by atoms with van der Waals surface area (Å²) in [6.45, 7) is 0. The summed E-state index contributed by atoms with van der Waals surface area (Å²) in [5.74, 6) is 0. The number of rotatable bonds is 6. The molecule has 0 amide bonds. The highest BCUT2D eigenvalue weighted by molar-refractivity contribution is 7.26. The molecule has 3 aliphatic carbocycles. The molecule has 0 bridgehead atoms. The Morgan fingerprint density at radius 1 is 0.271 bits per heavy atom. The SMILES string of the molecule is c1ccc(C2(c3ccc(N(c4cccc(-c5cccc6c5sc5ccccc56)c4)c4ccc5c(c4)C4(c6ccccc6-c6ccccc64)c4ccccc4-5)cc3)c3ccccc3-c3ccccc32)cc1. The molecule has 0 fully saturated rings. The lowest BCUT2D eigenvalue weighted by atomic mass is 9.67. The van der Waals surface area contributed by atoms with Gasteiger partial charge in [-0.05, 0) is 131 Å². The molecule has 12 aromatic rings. The summed E-state index contributed by atoms with van der Waals surface area (Å²) in [4.78, 5) is 2.49. The van der Waals surface area contributed by atoms with E-state index < -0.39 is 10.8 Å². The van der Waals surface area contributed by atoms with E-state index in [4.69, 9.17) is 0 Å². The molecule has 1 nitrogen and oxygen atoms in total. The van der Waals surface area contributed by atoms with Crippen molar-refractivity contribution < 1.29 is 0 Å². The maximum atomic E-state index is 2.51. The summed E-state index contributed by atoms with van der Waals surface area (Å²) < 4.78 is 2.63. The van der Waals surface area contributed by atoms with Crippen molar-refractivity contribution in [2.45, 2.75) is 10.8 Å². The van der Waals surface area contributed by atoms with E-state index in [1.807, 2.05) is 11.3 Å². The Balaban J connectivity index is 0.964. The van der Waals surface area contributed by atoms with Crippen LogP contribution in [-0.2, 0) is 10.8 Å². The Labute approximate surface area is 411 Å². The van der Waals surface area contributed by atoms with Crippen LogP contribution in [0.2, 0.25) is 0 Å². The van der Waals surface area contributed by atoms with Gasteiger partial charge < -0.3 is 4.90 Å². The Morgan fingerprint density at radius 3 is 1.33 bits per heavy atom. The van der Waals surface area contributed by atoms with E-state index in [-0.39, 0.29) is 0 Å². The third-order valence-corrected chi connectivity index (χ3v) is 17.0. The molecule has 0 aliphatic heterocycles. The molecule has 0 radical (unpaired) electrons. The van der Waals surface area contributed by atoms with Gasteiger partial charge in [0.25, 0.3) is 0 Å². The number of benzene rings is 11. The zero-order chi connectivity index (χ0) is 46.0. The van der Waals surface area contributed by atoms with Crippen molar-refractivity contribution in [3.05, 3.63) is 305 Å². The van der Waals surface area contributed by atoms with Crippen molar-refractivity contribution in [2.24, 2.45) is 0 Å². The fourth-order valence-electron chi connectivity index (χ4n) is 13.0. The maximum absolute atomic E-state index is 2.51. The van der Waals surface area contributed by atoms with Gasteiger partial charge in [-0.25, -0.2) is 0 Å². The van der Waals surface area contributed by atoms with Gasteiger partial charge in [0, 0.05) is 37.2 Å². The van der Waals surface area contributed by atoms with Crippen molar-refractivity contribution in [3.63, 3.8) is 0 Å². The van der Waals surface area contributed by atoms with Crippen molar-refractivity contribution >= 4 is 48.6 Å². The summed E-state index contributed by atoms with van der Waals surface area (Å²) >= 11 is 1.89. The zero-order valence-corrected chi connectivity index (χ0v) is 39.0. The molecular formula is C68H43NS. The summed E-state index contributed by atoms with van der Waals surface area (Å²) in [5.41, 5.74) is 23.1. The Hall–Kier alpha value is -8.56. The van der Waals surface area contributed by atoms with Gasteiger partial charge in [0.2, 0.25) is 0 Å². The van der Waals surface area contributed by atoms with E-state index in [0.717, 1.165) is 17.1 Å². The van der Waals surface area contributed by atoms with Crippen LogP contribution in [-0.4, -0.2) is 0 Å². The quantitative estimate of drug-likeness (QED) is 0.161. The molecule has 0 saturated heterocycles. The molecule has 70 heavy (non-hydrogen) atoms. The minimum atomic E-state index is -0.490. The van der Waals surface area contributed by atoms with Crippen molar-refractivity contribution in [1.82, 2.24) is 0 Å². The molecule has 326 valence electrons. The van der Waals surface area contributed by atoms with Gasteiger partial charge in [-0.1, -0.05) is 218 Å². The number of fused-ring (bicyclic) bond motifs is 16. The van der Waals surface area contributed by atoms with E-state index in [2.05, 4.69) is 266 Å². The average molecular weight is 906 g/mol. The van der Waals surface area contributed by atoms with Crippen LogP contribution in [0.5, 0.6) is 0 Å². The van der Waals surface area contributed by atoms with Gasteiger partial charge in [-0.2, -0.15) is 0 Å². The predicted molar refractivity (Wildman–Crippen MR) is 293 cm³/mol. The van der Waals surface area contributed by atoms with E-state index >= 15 is 0 Å². The second-order valence-electron chi connectivity index (χ2n) is 19.0. The molecule has 1 heterocycles. The van der Waals surface area contributed by atoms with Gasteiger partial charge in [0.1, 0.15) is 0 Å². The minimum Gasteiger partial charge on any atom is -0.310 e. The molecule has 1 spiro atoms. The lowest BCUT2D eigenvalue weighted by Crippen LogP contribution is -2.28. The molecule has 1 aromatic heterocycles. The Kier molecular flexibility index (Phi) is 8.43. The van der Waals surface area contributed by atoms with Crippen LogP contribution in [0.3, 0.4) is 0 Å². The van der Waals surface area contributed by atoms with Crippen LogP contribution in [0.4, 0.5) is 17.1 Å². The van der Waals surface area contributed by atoms with E-state index in [1.54, 1.807) is 0 Å². The molecule has 0 unspecified atom stereocenters. The van der Waals surface area contributed by atoms with Gasteiger partial charge in [-0.15, -0.1) is 11.3 Å². The lowest BCUT2D eigenvalue weighted by Gasteiger charge is -2.35. The van der Waals surface area contributed by atoms with Gasteiger partial charge in [0.15, 0.2) is 0 Å². The second kappa shape index (κ2) is 15.0.